The van der Waals surface area contributed by atoms with Crippen LogP contribution in [0.5, 0.6) is 0 Å². The van der Waals surface area contributed by atoms with Crippen LogP contribution in [0.4, 0.5) is 9.93 Å². The highest BCUT2D eigenvalue weighted by Gasteiger charge is 2.26. The zero-order valence-corrected chi connectivity index (χ0v) is 10.0. The number of hydrogen-bond donors (Lipinski definition) is 1. The average Bonchev–Trinajstić information content (AvgIpc) is 2.68. The van der Waals surface area contributed by atoms with Crippen molar-refractivity contribution in [2.75, 3.05) is 18.4 Å². The fourth-order valence-electron chi connectivity index (χ4n) is 1.74. The molecule has 0 aromatic carbocycles. The van der Waals surface area contributed by atoms with Crippen LogP contribution in [0.25, 0.3) is 0 Å². The number of urea groups is 1. The molecular formula is C9H14N4O2S. The molecule has 0 aliphatic carbocycles. The quantitative estimate of drug-likeness (QED) is 0.803. The topological polar surface area (TPSA) is 67.4 Å². The number of rotatable bonds is 1. The summed E-state index contributed by atoms with van der Waals surface area (Å²) < 4.78 is 5.55. The fourth-order valence-corrected chi connectivity index (χ4v) is 2.18. The molecule has 6 nitrogen and oxygen atoms in total. The summed E-state index contributed by atoms with van der Waals surface area (Å²) in [5, 5.41) is 10.7. The molecule has 1 N–H and O–H groups in total. The Bertz CT molecular complexity index is 346. The van der Waals surface area contributed by atoms with Crippen molar-refractivity contribution in [2.24, 2.45) is 0 Å². The smallest absolute Gasteiger partial charge is 0.323 e. The van der Waals surface area contributed by atoms with Gasteiger partial charge in [-0.2, -0.15) is 0 Å². The number of hydrogen-bond acceptors (Lipinski definition) is 5. The van der Waals surface area contributed by atoms with Crippen molar-refractivity contribution in [2.45, 2.75) is 26.1 Å². The highest BCUT2D eigenvalue weighted by molar-refractivity contribution is 7.13. The predicted molar refractivity (Wildman–Crippen MR) is 60.5 cm³/mol. The summed E-state index contributed by atoms with van der Waals surface area (Å²) in [5.74, 6) is 0. The maximum atomic E-state index is 11.9. The zero-order chi connectivity index (χ0) is 11.5. The molecule has 2 rings (SSSR count). The van der Waals surface area contributed by atoms with E-state index in [1.807, 2.05) is 13.8 Å². The lowest BCUT2D eigenvalue weighted by Crippen LogP contribution is -2.49. The lowest BCUT2D eigenvalue weighted by atomic mass is 10.2. The molecule has 7 heteroatoms. The molecule has 1 fully saturated rings. The molecule has 1 saturated heterocycles. The summed E-state index contributed by atoms with van der Waals surface area (Å²) in [4.78, 5) is 13.6. The number of carbonyl (C=O) groups is 1. The van der Waals surface area contributed by atoms with Crippen LogP contribution in [0.2, 0.25) is 0 Å². The van der Waals surface area contributed by atoms with Crippen molar-refractivity contribution < 1.29 is 9.53 Å². The van der Waals surface area contributed by atoms with Crippen molar-refractivity contribution >= 4 is 22.5 Å². The van der Waals surface area contributed by atoms with Gasteiger partial charge >= 0.3 is 6.03 Å². The van der Waals surface area contributed by atoms with Crippen molar-refractivity contribution in [3.05, 3.63) is 5.51 Å². The van der Waals surface area contributed by atoms with Gasteiger partial charge in [-0.1, -0.05) is 11.3 Å². The summed E-state index contributed by atoms with van der Waals surface area (Å²) in [7, 11) is 0. The molecule has 1 aromatic rings. The summed E-state index contributed by atoms with van der Waals surface area (Å²) in [5.41, 5.74) is 1.58. The first-order valence-corrected chi connectivity index (χ1v) is 6.00. The lowest BCUT2D eigenvalue weighted by molar-refractivity contribution is -0.0530. The summed E-state index contributed by atoms with van der Waals surface area (Å²) in [6.07, 6.45) is 0.146. The Labute approximate surface area is 97.6 Å². The van der Waals surface area contributed by atoms with E-state index in [9.17, 15) is 4.79 Å². The maximum absolute atomic E-state index is 11.9. The van der Waals surface area contributed by atoms with Gasteiger partial charge in [0, 0.05) is 13.1 Å². The number of amides is 2. The zero-order valence-electron chi connectivity index (χ0n) is 9.21. The molecule has 0 bridgehead atoms. The van der Waals surface area contributed by atoms with Crippen LogP contribution >= 0.6 is 11.3 Å². The van der Waals surface area contributed by atoms with Gasteiger partial charge in [0.25, 0.3) is 0 Å². The maximum Gasteiger partial charge on any atom is 0.323 e. The van der Waals surface area contributed by atoms with E-state index in [1.165, 1.54) is 11.3 Å². The van der Waals surface area contributed by atoms with Crippen LogP contribution < -0.4 is 5.32 Å². The van der Waals surface area contributed by atoms with Gasteiger partial charge in [-0.05, 0) is 13.8 Å². The van der Waals surface area contributed by atoms with E-state index in [-0.39, 0.29) is 18.2 Å². The molecule has 2 atom stereocenters. The molecule has 88 valence electrons. The number of anilines is 1. The van der Waals surface area contributed by atoms with Gasteiger partial charge in [0.2, 0.25) is 5.13 Å². The van der Waals surface area contributed by atoms with Crippen LogP contribution in [0.3, 0.4) is 0 Å². The van der Waals surface area contributed by atoms with E-state index >= 15 is 0 Å². The Morgan fingerprint density at radius 2 is 2.25 bits per heavy atom. The van der Waals surface area contributed by atoms with Crippen LogP contribution in [0.15, 0.2) is 5.51 Å². The second-order valence-electron chi connectivity index (χ2n) is 3.84. The number of carbonyl (C=O) groups excluding carboxylic acids is 1. The first-order valence-electron chi connectivity index (χ1n) is 5.12. The third-order valence-electron chi connectivity index (χ3n) is 2.28. The Hall–Kier alpha value is -1.21. The second kappa shape index (κ2) is 4.75. The van der Waals surface area contributed by atoms with Crippen LogP contribution in [-0.2, 0) is 4.74 Å². The van der Waals surface area contributed by atoms with E-state index in [2.05, 4.69) is 15.5 Å². The minimum Gasteiger partial charge on any atom is -0.372 e. The van der Waals surface area contributed by atoms with E-state index in [4.69, 9.17) is 4.74 Å². The Kier molecular flexibility index (Phi) is 3.35. The third kappa shape index (κ3) is 2.67. The molecule has 0 spiro atoms. The fraction of sp³-hybridized carbons (Fsp3) is 0.667. The number of ether oxygens (including phenoxy) is 1. The molecule has 2 heterocycles. The average molecular weight is 242 g/mol. The van der Waals surface area contributed by atoms with E-state index < -0.39 is 0 Å². The molecule has 0 unspecified atom stereocenters. The highest BCUT2D eigenvalue weighted by Crippen LogP contribution is 2.14. The SMILES string of the molecule is C[C@@H]1CN(C(=O)Nc2nncs2)C[C@@H](C)O1. The first kappa shape index (κ1) is 11.3. The van der Waals surface area contributed by atoms with Gasteiger partial charge in [-0.25, -0.2) is 4.79 Å². The molecule has 1 aliphatic heterocycles. The number of aromatic nitrogens is 2. The van der Waals surface area contributed by atoms with Gasteiger partial charge in [-0.15, -0.1) is 10.2 Å². The Morgan fingerprint density at radius 1 is 1.56 bits per heavy atom. The van der Waals surface area contributed by atoms with Crippen molar-refractivity contribution in [3.8, 4) is 0 Å². The Morgan fingerprint density at radius 3 is 2.81 bits per heavy atom. The van der Waals surface area contributed by atoms with E-state index in [0.29, 0.717) is 18.2 Å². The van der Waals surface area contributed by atoms with Crippen LogP contribution in [0, 0.1) is 0 Å². The normalized spacial score (nSPS) is 25.5. The van der Waals surface area contributed by atoms with Gasteiger partial charge in [0.1, 0.15) is 5.51 Å². The van der Waals surface area contributed by atoms with Gasteiger partial charge in [0.15, 0.2) is 0 Å². The summed E-state index contributed by atoms with van der Waals surface area (Å²) in [6, 6.07) is -0.140. The van der Waals surface area contributed by atoms with Crippen LogP contribution in [0.1, 0.15) is 13.8 Å². The molecule has 0 saturated carbocycles. The van der Waals surface area contributed by atoms with Gasteiger partial charge < -0.3 is 9.64 Å². The summed E-state index contributed by atoms with van der Waals surface area (Å²) >= 11 is 1.30. The molecule has 16 heavy (non-hydrogen) atoms. The largest absolute Gasteiger partial charge is 0.372 e. The standard InChI is InChI=1S/C9H14N4O2S/c1-6-3-13(4-7(2)15-6)9(14)11-8-12-10-5-16-8/h5-7H,3-4H2,1-2H3,(H,11,12,14)/t6-,7-/m1/s1. The molecule has 1 aliphatic rings. The van der Waals surface area contributed by atoms with E-state index in [0.717, 1.165) is 0 Å². The third-order valence-corrected chi connectivity index (χ3v) is 2.89. The minimum absolute atomic E-state index is 0.0731. The monoisotopic (exact) mass is 242 g/mol. The predicted octanol–water partition coefficient (Wildman–Crippen LogP) is 1.18. The molecule has 1 aromatic heterocycles. The Balaban J connectivity index is 1.94. The number of morpholine rings is 1. The van der Waals surface area contributed by atoms with Crippen molar-refractivity contribution in [3.63, 3.8) is 0 Å². The summed E-state index contributed by atoms with van der Waals surface area (Å²) in [6.45, 7) is 5.13. The minimum atomic E-state index is -0.140. The lowest BCUT2D eigenvalue weighted by Gasteiger charge is -2.34. The van der Waals surface area contributed by atoms with Gasteiger partial charge in [0.05, 0.1) is 12.2 Å². The van der Waals surface area contributed by atoms with E-state index in [1.54, 1.807) is 10.4 Å². The van der Waals surface area contributed by atoms with Crippen molar-refractivity contribution in [1.82, 2.24) is 15.1 Å². The van der Waals surface area contributed by atoms with Crippen LogP contribution in [-0.4, -0.2) is 46.4 Å². The molecule has 0 radical (unpaired) electrons. The van der Waals surface area contributed by atoms with Gasteiger partial charge in [-0.3, -0.25) is 5.32 Å². The van der Waals surface area contributed by atoms with Crippen molar-refractivity contribution in [1.29, 1.82) is 0 Å². The number of nitrogens with zero attached hydrogens (tertiary/aromatic N) is 3. The number of nitrogens with one attached hydrogen (secondary N) is 1. The molecular weight excluding hydrogens is 228 g/mol. The second-order valence-corrected chi connectivity index (χ2v) is 4.67. The highest BCUT2D eigenvalue weighted by atomic mass is 32.1. The molecule has 2 amide bonds. The first-order chi connectivity index (χ1) is 7.65.